The molecule has 9 nitrogen and oxygen atoms in total. The minimum absolute atomic E-state index is 0.0491. The summed E-state index contributed by atoms with van der Waals surface area (Å²) < 4.78 is 32.7. The number of carbonyl (C=O) groups excluding carboxylic acids is 2. The van der Waals surface area contributed by atoms with E-state index < -0.39 is 32.5 Å². The lowest BCUT2D eigenvalue weighted by molar-refractivity contribution is -0.161. The van der Waals surface area contributed by atoms with Crippen LogP contribution in [0.1, 0.15) is 181 Å². The molecule has 0 rings (SSSR count). The molecule has 0 heterocycles. The number of rotatable bonds is 39. The first kappa shape index (κ1) is 51.0. The van der Waals surface area contributed by atoms with Crippen molar-refractivity contribution in [2.24, 2.45) is 5.73 Å². The molecule has 0 aromatic heterocycles. The maximum absolute atomic E-state index is 12.6. The number of unbranched alkanes of at least 4 members (excludes halogenated alkanes) is 18. The van der Waals surface area contributed by atoms with Crippen LogP contribution in [0.25, 0.3) is 0 Å². The second-order valence-corrected chi connectivity index (χ2v) is 15.3. The molecule has 0 radical (unpaired) electrons. The van der Waals surface area contributed by atoms with Gasteiger partial charge in [-0.15, -0.1) is 0 Å². The van der Waals surface area contributed by atoms with E-state index >= 15 is 0 Å². The van der Waals surface area contributed by atoms with Gasteiger partial charge in [0.2, 0.25) is 0 Å². The van der Waals surface area contributed by atoms with Crippen LogP contribution in [0.2, 0.25) is 0 Å². The Morgan fingerprint density at radius 3 is 1.57 bits per heavy atom. The number of hydrogen-bond donors (Lipinski definition) is 2. The Hall–Kier alpha value is -2.03. The summed E-state index contributed by atoms with van der Waals surface area (Å²) in [4.78, 5) is 34.8. The number of esters is 2. The second kappa shape index (κ2) is 39.7. The Labute approximate surface area is 324 Å². The van der Waals surface area contributed by atoms with Crippen LogP contribution in [0, 0.1) is 0 Å². The van der Waals surface area contributed by atoms with Gasteiger partial charge in [-0.3, -0.25) is 18.6 Å². The predicted molar refractivity (Wildman–Crippen MR) is 220 cm³/mol. The molecule has 0 spiro atoms. The lowest BCUT2D eigenvalue weighted by Gasteiger charge is -2.19. The van der Waals surface area contributed by atoms with Crippen LogP contribution in [0.4, 0.5) is 0 Å². The van der Waals surface area contributed by atoms with Crippen molar-refractivity contribution in [1.82, 2.24) is 0 Å². The van der Waals surface area contributed by atoms with Crippen molar-refractivity contribution in [1.29, 1.82) is 0 Å². The zero-order valence-corrected chi connectivity index (χ0v) is 34.6. The smallest absolute Gasteiger partial charge is 0.462 e. The average Bonchev–Trinajstić information content (AvgIpc) is 3.14. The standard InChI is InChI=1S/C43H78NO8P/c1-3-5-7-9-11-13-15-17-19-20-22-24-26-28-30-32-34-36-43(46)52-41(40-51-53(47,48)50-38-37-44)39-49-42(45)35-33-31-29-27-25-23-21-18-16-14-12-10-8-6-4-2/h5,7,11,13,17-19,21,41H,3-4,6,8-10,12,14-16,20,22-40,44H2,1-2H3,(H,47,48)/b7-5-,13-11-,19-17-,21-18-. The number of carbonyl (C=O) groups is 2. The lowest BCUT2D eigenvalue weighted by Crippen LogP contribution is -2.29. The molecule has 0 aromatic carbocycles. The van der Waals surface area contributed by atoms with Crippen LogP contribution < -0.4 is 5.73 Å². The molecule has 0 amide bonds. The summed E-state index contributed by atoms with van der Waals surface area (Å²) >= 11 is 0. The highest BCUT2D eigenvalue weighted by Gasteiger charge is 2.26. The van der Waals surface area contributed by atoms with Gasteiger partial charge < -0.3 is 20.1 Å². The van der Waals surface area contributed by atoms with Gasteiger partial charge in [-0.1, -0.05) is 146 Å². The summed E-state index contributed by atoms with van der Waals surface area (Å²) in [5.74, 6) is -0.851. The van der Waals surface area contributed by atoms with Crippen molar-refractivity contribution < 1.29 is 37.6 Å². The zero-order chi connectivity index (χ0) is 38.9. The molecule has 2 atom stereocenters. The molecule has 0 fully saturated rings. The van der Waals surface area contributed by atoms with E-state index in [1.54, 1.807) is 0 Å². The summed E-state index contributed by atoms with van der Waals surface area (Å²) in [6, 6.07) is 0. The number of phosphoric ester groups is 1. The predicted octanol–water partition coefficient (Wildman–Crippen LogP) is 11.9. The Morgan fingerprint density at radius 2 is 1.04 bits per heavy atom. The molecule has 0 saturated heterocycles. The van der Waals surface area contributed by atoms with E-state index in [2.05, 4.69) is 62.5 Å². The molecular weight excluding hydrogens is 689 g/mol. The van der Waals surface area contributed by atoms with E-state index in [0.717, 1.165) is 83.5 Å². The van der Waals surface area contributed by atoms with E-state index in [9.17, 15) is 19.0 Å². The fourth-order valence-corrected chi connectivity index (χ4v) is 6.35. The largest absolute Gasteiger partial charge is 0.472 e. The molecule has 0 aliphatic carbocycles. The highest BCUT2D eigenvalue weighted by molar-refractivity contribution is 7.47. The van der Waals surface area contributed by atoms with Crippen LogP contribution in [0.3, 0.4) is 0 Å². The van der Waals surface area contributed by atoms with Gasteiger partial charge in [0.1, 0.15) is 6.61 Å². The van der Waals surface area contributed by atoms with Gasteiger partial charge in [0.05, 0.1) is 13.2 Å². The molecule has 10 heteroatoms. The van der Waals surface area contributed by atoms with Gasteiger partial charge in [0, 0.05) is 19.4 Å². The first-order valence-electron chi connectivity index (χ1n) is 21.1. The number of ether oxygens (including phenoxy) is 2. The molecule has 0 bridgehead atoms. The number of allylic oxidation sites excluding steroid dienone is 8. The van der Waals surface area contributed by atoms with Gasteiger partial charge in [-0.2, -0.15) is 0 Å². The van der Waals surface area contributed by atoms with E-state index in [1.807, 2.05) is 0 Å². The molecule has 308 valence electrons. The van der Waals surface area contributed by atoms with Crippen molar-refractivity contribution in [3.05, 3.63) is 48.6 Å². The fourth-order valence-electron chi connectivity index (χ4n) is 5.58. The zero-order valence-electron chi connectivity index (χ0n) is 33.7. The first-order valence-corrected chi connectivity index (χ1v) is 22.6. The van der Waals surface area contributed by atoms with Crippen LogP contribution >= 0.6 is 7.82 Å². The van der Waals surface area contributed by atoms with Crippen molar-refractivity contribution in [2.45, 2.75) is 187 Å². The maximum atomic E-state index is 12.6. The monoisotopic (exact) mass is 768 g/mol. The van der Waals surface area contributed by atoms with Gasteiger partial charge in [-0.05, 0) is 70.6 Å². The van der Waals surface area contributed by atoms with Crippen molar-refractivity contribution in [3.8, 4) is 0 Å². The van der Waals surface area contributed by atoms with Gasteiger partial charge in [0.15, 0.2) is 6.10 Å². The Balaban J connectivity index is 4.20. The molecule has 0 saturated carbocycles. The third-order valence-electron chi connectivity index (χ3n) is 8.70. The number of phosphoric acid groups is 1. The number of nitrogens with two attached hydrogens (primary N) is 1. The molecule has 53 heavy (non-hydrogen) atoms. The van der Waals surface area contributed by atoms with E-state index in [4.69, 9.17) is 24.3 Å². The highest BCUT2D eigenvalue weighted by Crippen LogP contribution is 2.43. The van der Waals surface area contributed by atoms with Crippen LogP contribution in [0.5, 0.6) is 0 Å². The normalized spacial score (nSPS) is 13.8. The van der Waals surface area contributed by atoms with Crippen LogP contribution in [0.15, 0.2) is 48.6 Å². The highest BCUT2D eigenvalue weighted by atomic mass is 31.2. The summed E-state index contributed by atoms with van der Waals surface area (Å²) in [5.41, 5.74) is 5.34. The Morgan fingerprint density at radius 1 is 0.585 bits per heavy atom. The second-order valence-electron chi connectivity index (χ2n) is 13.8. The molecule has 0 aromatic rings. The summed E-state index contributed by atoms with van der Waals surface area (Å²) in [6.45, 7) is 3.59. The SMILES string of the molecule is CC/C=C\C/C=C\C/C=C\CCCCCCCCCC(=O)OC(COC(=O)CCCCCCC/C=C\CCCCCCCC)COP(=O)(O)OCCN. The quantitative estimate of drug-likeness (QED) is 0.0271. The molecular formula is C43H78NO8P. The minimum atomic E-state index is -4.38. The van der Waals surface area contributed by atoms with Gasteiger partial charge in [-0.25, -0.2) is 4.57 Å². The average molecular weight is 768 g/mol. The summed E-state index contributed by atoms with van der Waals surface area (Å²) in [6.07, 6.45) is 44.2. The van der Waals surface area contributed by atoms with Gasteiger partial charge in [0.25, 0.3) is 0 Å². The van der Waals surface area contributed by atoms with Crippen LogP contribution in [-0.2, 0) is 32.7 Å². The molecule has 2 unspecified atom stereocenters. The molecule has 0 aliphatic heterocycles. The Kier molecular flexibility index (Phi) is 38.1. The lowest BCUT2D eigenvalue weighted by atomic mass is 10.1. The summed E-state index contributed by atoms with van der Waals surface area (Å²) in [5, 5.41) is 0. The van der Waals surface area contributed by atoms with Crippen molar-refractivity contribution in [3.63, 3.8) is 0 Å². The van der Waals surface area contributed by atoms with E-state index in [1.165, 1.54) is 64.2 Å². The van der Waals surface area contributed by atoms with Crippen molar-refractivity contribution in [2.75, 3.05) is 26.4 Å². The van der Waals surface area contributed by atoms with Crippen LogP contribution in [-0.4, -0.2) is 49.3 Å². The van der Waals surface area contributed by atoms with Crippen molar-refractivity contribution >= 4 is 19.8 Å². The van der Waals surface area contributed by atoms with E-state index in [-0.39, 0.29) is 32.6 Å². The third kappa shape index (κ3) is 39.5. The first-order chi connectivity index (χ1) is 25.8. The maximum Gasteiger partial charge on any atom is 0.472 e. The van der Waals surface area contributed by atoms with Gasteiger partial charge >= 0.3 is 19.8 Å². The van der Waals surface area contributed by atoms with E-state index in [0.29, 0.717) is 6.42 Å². The molecule has 0 aliphatic rings. The molecule has 3 N–H and O–H groups in total. The Bertz CT molecular complexity index is 1010. The third-order valence-corrected chi connectivity index (χ3v) is 9.68. The fraction of sp³-hybridized carbons (Fsp3) is 0.767. The summed E-state index contributed by atoms with van der Waals surface area (Å²) in [7, 11) is -4.38. The minimum Gasteiger partial charge on any atom is -0.462 e. The number of hydrogen-bond acceptors (Lipinski definition) is 8. The topological polar surface area (TPSA) is 134 Å².